The van der Waals surface area contributed by atoms with Gasteiger partial charge in [0.05, 0.1) is 25.5 Å². The maximum Gasteiger partial charge on any atom is 0.196 e. The topological polar surface area (TPSA) is 71.2 Å². The van der Waals surface area contributed by atoms with Gasteiger partial charge in [0.25, 0.3) is 0 Å². The zero-order valence-electron chi connectivity index (χ0n) is 20.7. The van der Waals surface area contributed by atoms with E-state index in [-0.39, 0.29) is 17.6 Å². The smallest absolute Gasteiger partial charge is 0.196 e. The van der Waals surface area contributed by atoms with Crippen molar-refractivity contribution in [1.82, 2.24) is 19.3 Å². The number of ether oxygens (including phenoxy) is 2. The van der Waals surface area contributed by atoms with E-state index in [1.807, 2.05) is 79.1 Å². The van der Waals surface area contributed by atoms with Crippen LogP contribution in [0.1, 0.15) is 34.7 Å². The number of para-hydroxylation sites is 1. The first-order valence-corrected chi connectivity index (χ1v) is 12.4. The van der Waals surface area contributed by atoms with Gasteiger partial charge in [-0.15, -0.1) is 10.2 Å². The van der Waals surface area contributed by atoms with E-state index < -0.39 is 0 Å². The maximum absolute atomic E-state index is 13.3. The summed E-state index contributed by atoms with van der Waals surface area (Å²) in [5.74, 6) is 1.75. The molecule has 0 saturated carbocycles. The van der Waals surface area contributed by atoms with Crippen LogP contribution in [-0.2, 0) is 4.74 Å². The molecule has 4 rings (SSSR count). The lowest BCUT2D eigenvalue weighted by Gasteiger charge is -2.17. The van der Waals surface area contributed by atoms with Gasteiger partial charge in [-0.2, -0.15) is 0 Å². The molecule has 182 valence electrons. The number of hydrogen-bond acceptors (Lipinski definition) is 6. The third kappa shape index (κ3) is 5.18. The van der Waals surface area contributed by atoms with E-state index in [0.29, 0.717) is 17.6 Å². The van der Waals surface area contributed by atoms with Crippen molar-refractivity contribution in [3.05, 3.63) is 77.6 Å². The zero-order valence-corrected chi connectivity index (χ0v) is 21.5. The number of aryl methyl sites for hydroxylation is 1. The number of Topliss-reactive ketones (excluding diaryl/α,β-unsaturated/α-hetero) is 1. The molecule has 0 aliphatic heterocycles. The average Bonchev–Trinajstić information content (AvgIpc) is 3.43. The van der Waals surface area contributed by atoms with Gasteiger partial charge < -0.3 is 14.0 Å². The molecule has 0 spiro atoms. The molecule has 0 saturated heterocycles. The Morgan fingerprint density at radius 2 is 1.80 bits per heavy atom. The number of rotatable bonds is 10. The van der Waals surface area contributed by atoms with Gasteiger partial charge in [-0.05, 0) is 51.1 Å². The van der Waals surface area contributed by atoms with Gasteiger partial charge in [0.1, 0.15) is 5.75 Å². The molecular formula is C27H30N4O3S. The Morgan fingerprint density at radius 3 is 2.51 bits per heavy atom. The Kier molecular flexibility index (Phi) is 7.73. The van der Waals surface area contributed by atoms with Crippen LogP contribution in [0.5, 0.6) is 5.75 Å². The highest BCUT2D eigenvalue weighted by atomic mass is 32.2. The quantitative estimate of drug-likeness (QED) is 0.215. The molecule has 1 atom stereocenters. The predicted molar refractivity (Wildman–Crippen MR) is 139 cm³/mol. The summed E-state index contributed by atoms with van der Waals surface area (Å²) in [4.78, 5) is 13.3. The van der Waals surface area contributed by atoms with E-state index in [0.717, 1.165) is 34.0 Å². The molecule has 0 bridgehead atoms. The summed E-state index contributed by atoms with van der Waals surface area (Å²) < 4.78 is 14.9. The third-order valence-corrected chi connectivity index (χ3v) is 6.87. The molecule has 0 unspecified atom stereocenters. The molecular weight excluding hydrogens is 460 g/mol. The molecule has 0 amide bonds. The Balaban J connectivity index is 1.64. The van der Waals surface area contributed by atoms with Crippen LogP contribution in [0.3, 0.4) is 0 Å². The molecule has 2 heterocycles. The van der Waals surface area contributed by atoms with E-state index in [2.05, 4.69) is 21.7 Å². The Bertz CT molecular complexity index is 1310. The third-order valence-electron chi connectivity index (χ3n) is 5.94. The van der Waals surface area contributed by atoms with Crippen molar-refractivity contribution in [2.24, 2.45) is 0 Å². The highest BCUT2D eigenvalue weighted by Crippen LogP contribution is 2.30. The summed E-state index contributed by atoms with van der Waals surface area (Å²) in [6.07, 6.45) is 0. The maximum atomic E-state index is 13.3. The van der Waals surface area contributed by atoms with Gasteiger partial charge in [0, 0.05) is 35.3 Å². The van der Waals surface area contributed by atoms with Crippen LogP contribution < -0.4 is 4.74 Å². The van der Waals surface area contributed by atoms with Crippen molar-refractivity contribution < 1.29 is 14.3 Å². The van der Waals surface area contributed by atoms with Gasteiger partial charge in [0.2, 0.25) is 0 Å². The zero-order chi connectivity index (χ0) is 24.9. The molecule has 0 fully saturated rings. The highest BCUT2D eigenvalue weighted by Gasteiger charge is 2.21. The second kappa shape index (κ2) is 10.9. The van der Waals surface area contributed by atoms with Crippen LogP contribution in [0, 0.1) is 13.8 Å². The van der Waals surface area contributed by atoms with Crippen LogP contribution in [-0.4, -0.2) is 51.7 Å². The van der Waals surface area contributed by atoms with Gasteiger partial charge in [-0.1, -0.05) is 42.1 Å². The summed E-state index contributed by atoms with van der Waals surface area (Å²) in [6.45, 7) is 6.70. The van der Waals surface area contributed by atoms with E-state index in [1.165, 1.54) is 11.8 Å². The van der Waals surface area contributed by atoms with Crippen LogP contribution in [0.15, 0.2) is 65.8 Å². The molecule has 0 radical (unpaired) electrons. The van der Waals surface area contributed by atoms with Crippen molar-refractivity contribution in [3.8, 4) is 22.8 Å². The first kappa shape index (κ1) is 24.8. The minimum Gasteiger partial charge on any atom is -0.497 e. The minimum absolute atomic E-state index is 0.0597. The van der Waals surface area contributed by atoms with Crippen LogP contribution >= 0.6 is 11.8 Å². The molecule has 7 nitrogen and oxygen atoms in total. The number of methoxy groups -OCH3 is 2. The van der Waals surface area contributed by atoms with E-state index in [1.54, 1.807) is 14.2 Å². The van der Waals surface area contributed by atoms with E-state index in [4.69, 9.17) is 9.47 Å². The second-order valence-electron chi connectivity index (χ2n) is 8.38. The van der Waals surface area contributed by atoms with Crippen molar-refractivity contribution in [2.75, 3.05) is 26.6 Å². The summed E-state index contributed by atoms with van der Waals surface area (Å²) >= 11 is 1.39. The number of thioether (sulfide) groups is 1. The predicted octanol–water partition coefficient (Wildman–Crippen LogP) is 5.54. The number of hydrogen-bond donors (Lipinski definition) is 0. The number of aromatic nitrogens is 4. The molecule has 8 heteroatoms. The Labute approximate surface area is 210 Å². The number of nitrogens with zero attached hydrogens (tertiary/aromatic N) is 4. The fourth-order valence-corrected chi connectivity index (χ4v) is 5.22. The van der Waals surface area contributed by atoms with Gasteiger partial charge in [-0.3, -0.25) is 9.36 Å². The standard InChI is InChI=1S/C27H30N4O3S/c1-18-14-24(20(3)30(18)19(2)16-33-4)25(32)17-35-27-29-28-26(21-10-9-13-23(15-21)34-5)31(27)22-11-7-6-8-12-22/h6-15,19H,16-17H2,1-5H3/t19-/m1/s1. The summed E-state index contributed by atoms with van der Waals surface area (Å²) in [5.41, 5.74) is 4.55. The number of carbonyl (C=O) groups is 1. The first-order valence-electron chi connectivity index (χ1n) is 11.4. The fraction of sp³-hybridized carbons (Fsp3) is 0.296. The van der Waals surface area contributed by atoms with Gasteiger partial charge in [0.15, 0.2) is 16.8 Å². The molecule has 0 N–H and O–H groups in total. The largest absolute Gasteiger partial charge is 0.497 e. The second-order valence-corrected chi connectivity index (χ2v) is 9.32. The lowest BCUT2D eigenvalue weighted by molar-refractivity contribution is 0.102. The number of ketones is 1. The molecule has 4 aromatic rings. The minimum atomic E-state index is 0.0597. The number of carbonyl (C=O) groups excluding carboxylic acids is 1. The average molecular weight is 491 g/mol. The summed E-state index contributed by atoms with van der Waals surface area (Å²) in [7, 11) is 3.33. The summed E-state index contributed by atoms with van der Waals surface area (Å²) in [6, 6.07) is 19.8. The fourth-order valence-electron chi connectivity index (χ4n) is 4.38. The molecule has 2 aromatic carbocycles. The van der Waals surface area contributed by atoms with E-state index >= 15 is 0 Å². The van der Waals surface area contributed by atoms with Crippen LogP contribution in [0.2, 0.25) is 0 Å². The van der Waals surface area contributed by atoms with Crippen LogP contribution in [0.25, 0.3) is 17.1 Å². The summed E-state index contributed by atoms with van der Waals surface area (Å²) in [5, 5.41) is 9.58. The molecule has 0 aliphatic carbocycles. The van der Waals surface area contributed by atoms with Crippen molar-refractivity contribution >= 4 is 17.5 Å². The molecule has 0 aliphatic rings. The van der Waals surface area contributed by atoms with Gasteiger partial charge >= 0.3 is 0 Å². The molecule has 2 aromatic heterocycles. The SMILES string of the molecule is COC[C@@H](C)n1c(C)cc(C(=O)CSc2nnc(-c3cccc(OC)c3)n2-c2ccccc2)c1C. The van der Waals surface area contributed by atoms with Gasteiger partial charge in [-0.25, -0.2) is 0 Å². The normalized spacial score (nSPS) is 12.0. The van der Waals surface area contributed by atoms with E-state index in [9.17, 15) is 4.79 Å². The van der Waals surface area contributed by atoms with Crippen molar-refractivity contribution in [1.29, 1.82) is 0 Å². The van der Waals surface area contributed by atoms with Crippen LogP contribution in [0.4, 0.5) is 0 Å². The monoisotopic (exact) mass is 490 g/mol. The Morgan fingerprint density at radius 1 is 1.03 bits per heavy atom. The molecule has 35 heavy (non-hydrogen) atoms. The Hall–Kier alpha value is -3.36. The first-order chi connectivity index (χ1) is 16.9. The van der Waals surface area contributed by atoms with Crippen molar-refractivity contribution in [2.45, 2.75) is 32.0 Å². The lowest BCUT2D eigenvalue weighted by atomic mass is 10.2. The van der Waals surface area contributed by atoms with Crippen molar-refractivity contribution in [3.63, 3.8) is 0 Å². The highest BCUT2D eigenvalue weighted by molar-refractivity contribution is 7.99. The number of benzene rings is 2. The lowest BCUT2D eigenvalue weighted by Crippen LogP contribution is -2.14.